The van der Waals surface area contributed by atoms with E-state index in [0.717, 1.165) is 24.1 Å². The van der Waals surface area contributed by atoms with E-state index in [1.807, 2.05) is 0 Å². The van der Waals surface area contributed by atoms with Gasteiger partial charge in [-0.3, -0.25) is 0 Å². The van der Waals surface area contributed by atoms with Crippen molar-refractivity contribution in [3.63, 3.8) is 0 Å². The van der Waals surface area contributed by atoms with E-state index >= 15 is 0 Å². The summed E-state index contributed by atoms with van der Waals surface area (Å²) >= 11 is 0. The maximum Gasteiger partial charge on any atom is 0.341 e. The lowest BCUT2D eigenvalue weighted by molar-refractivity contribution is 0.0692. The third-order valence-electron chi connectivity index (χ3n) is 3.15. The Morgan fingerprint density at radius 1 is 1.56 bits per heavy atom. The number of carboxylic acid groups (broad SMARTS) is 1. The molecule has 0 saturated heterocycles. The van der Waals surface area contributed by atoms with Crippen LogP contribution in [0.4, 0.5) is 0 Å². The van der Waals surface area contributed by atoms with Crippen molar-refractivity contribution in [1.29, 1.82) is 0 Å². The molecule has 0 fully saturated rings. The van der Waals surface area contributed by atoms with Crippen LogP contribution in [-0.4, -0.2) is 23.2 Å². The van der Waals surface area contributed by atoms with Crippen molar-refractivity contribution in [3.05, 3.63) is 22.9 Å². The van der Waals surface area contributed by atoms with E-state index in [0.29, 0.717) is 0 Å². The minimum atomic E-state index is -0.989. The number of carboxylic acids is 1. The van der Waals surface area contributed by atoms with E-state index in [1.165, 1.54) is 7.11 Å². The van der Waals surface area contributed by atoms with Gasteiger partial charge in [-0.15, -0.1) is 0 Å². The van der Waals surface area contributed by atoms with Gasteiger partial charge < -0.3 is 9.84 Å². The molecule has 4 heteroatoms. The number of ether oxygens (including phenoxy) is 1. The quantitative estimate of drug-likeness (QED) is 0.829. The maximum atomic E-state index is 11.0. The lowest BCUT2D eigenvalue weighted by atomic mass is 9.90. The monoisotopic (exact) mass is 221 g/mol. The van der Waals surface area contributed by atoms with Crippen molar-refractivity contribution in [2.75, 3.05) is 7.11 Å². The van der Waals surface area contributed by atoms with Gasteiger partial charge in [-0.25, -0.2) is 9.78 Å². The van der Waals surface area contributed by atoms with Gasteiger partial charge in [0.1, 0.15) is 5.56 Å². The van der Waals surface area contributed by atoms with Gasteiger partial charge in [0.2, 0.25) is 5.88 Å². The number of rotatable bonds is 2. The number of aryl methyl sites for hydroxylation is 1. The molecule has 1 aliphatic rings. The molecule has 86 valence electrons. The first-order valence-corrected chi connectivity index (χ1v) is 5.27. The Morgan fingerprint density at radius 2 is 2.25 bits per heavy atom. The number of aromatic carboxylic acids is 1. The molecular formula is C12H15NO3. The van der Waals surface area contributed by atoms with E-state index in [1.54, 1.807) is 6.07 Å². The van der Waals surface area contributed by atoms with Crippen molar-refractivity contribution in [2.24, 2.45) is 0 Å². The molecule has 0 saturated carbocycles. The summed E-state index contributed by atoms with van der Waals surface area (Å²) in [5.74, 6) is -0.780. The van der Waals surface area contributed by atoms with Crippen LogP contribution in [0.25, 0.3) is 0 Å². The van der Waals surface area contributed by atoms with E-state index in [4.69, 9.17) is 9.84 Å². The molecule has 1 aromatic heterocycles. The van der Waals surface area contributed by atoms with Crippen LogP contribution in [0.1, 0.15) is 41.9 Å². The van der Waals surface area contributed by atoms with Crippen LogP contribution < -0.4 is 4.74 Å². The number of nitrogens with zero attached hydrogens (tertiary/aromatic N) is 1. The summed E-state index contributed by atoms with van der Waals surface area (Å²) < 4.78 is 5.03. The van der Waals surface area contributed by atoms with E-state index in [2.05, 4.69) is 18.8 Å². The third-order valence-corrected chi connectivity index (χ3v) is 3.15. The predicted molar refractivity (Wildman–Crippen MR) is 59.1 cm³/mol. The van der Waals surface area contributed by atoms with Gasteiger partial charge in [-0.2, -0.15) is 0 Å². The lowest BCUT2D eigenvalue weighted by Gasteiger charge is -2.18. The van der Waals surface area contributed by atoms with Crippen molar-refractivity contribution in [1.82, 2.24) is 4.98 Å². The number of fused-ring (bicyclic) bond motifs is 1. The molecule has 16 heavy (non-hydrogen) atoms. The lowest BCUT2D eigenvalue weighted by Crippen LogP contribution is -2.15. The van der Waals surface area contributed by atoms with Gasteiger partial charge >= 0.3 is 5.97 Å². The zero-order chi connectivity index (χ0) is 11.9. The summed E-state index contributed by atoms with van der Waals surface area (Å²) in [6, 6.07) is 1.69. The molecule has 1 aliphatic carbocycles. The number of hydrogen-bond acceptors (Lipinski definition) is 3. The second-order valence-corrected chi connectivity index (χ2v) is 4.74. The van der Waals surface area contributed by atoms with Crippen molar-refractivity contribution < 1.29 is 14.6 Å². The van der Waals surface area contributed by atoms with Crippen LogP contribution in [0, 0.1) is 0 Å². The normalized spacial score (nSPS) is 16.9. The molecule has 0 aliphatic heterocycles. The van der Waals surface area contributed by atoms with Gasteiger partial charge in [0.05, 0.1) is 12.8 Å². The van der Waals surface area contributed by atoms with Crippen molar-refractivity contribution in [2.45, 2.75) is 32.1 Å². The smallest absolute Gasteiger partial charge is 0.341 e. The molecule has 0 amide bonds. The standard InChI is InChI=1S/C12H15NO3/c1-12(2)5-4-7-6-8(11(14)15)10(16-3)13-9(7)12/h6H,4-5H2,1-3H3,(H,14,15). The number of methoxy groups -OCH3 is 1. The molecule has 0 atom stereocenters. The Hall–Kier alpha value is -1.58. The summed E-state index contributed by atoms with van der Waals surface area (Å²) in [5, 5.41) is 9.04. The van der Waals surface area contributed by atoms with Crippen LogP contribution >= 0.6 is 0 Å². The van der Waals surface area contributed by atoms with Crippen LogP contribution in [0.15, 0.2) is 6.07 Å². The highest BCUT2D eigenvalue weighted by Gasteiger charge is 2.33. The average Bonchev–Trinajstić information content (AvgIpc) is 2.53. The first-order chi connectivity index (χ1) is 7.45. The molecule has 1 aromatic rings. The van der Waals surface area contributed by atoms with Crippen LogP contribution in [-0.2, 0) is 11.8 Å². The SMILES string of the molecule is COc1nc2c(cc1C(=O)O)CCC2(C)C. The number of carbonyl (C=O) groups is 1. The average molecular weight is 221 g/mol. The number of pyridine rings is 1. The van der Waals surface area contributed by atoms with Crippen LogP contribution in [0.2, 0.25) is 0 Å². The van der Waals surface area contributed by atoms with Gasteiger partial charge in [-0.05, 0) is 24.5 Å². The molecule has 1 N–H and O–H groups in total. The summed E-state index contributed by atoms with van der Waals surface area (Å²) in [4.78, 5) is 15.4. The largest absolute Gasteiger partial charge is 0.480 e. The number of hydrogen-bond donors (Lipinski definition) is 1. The predicted octanol–water partition coefficient (Wildman–Crippen LogP) is 2.01. The molecule has 0 unspecified atom stereocenters. The number of aromatic nitrogens is 1. The van der Waals surface area contributed by atoms with Crippen molar-refractivity contribution >= 4 is 5.97 Å². The Kier molecular flexibility index (Phi) is 2.37. The van der Waals surface area contributed by atoms with Gasteiger partial charge in [-0.1, -0.05) is 13.8 Å². The Morgan fingerprint density at radius 3 is 2.81 bits per heavy atom. The first-order valence-electron chi connectivity index (χ1n) is 5.27. The fourth-order valence-electron chi connectivity index (χ4n) is 2.19. The second-order valence-electron chi connectivity index (χ2n) is 4.74. The maximum absolute atomic E-state index is 11.0. The summed E-state index contributed by atoms with van der Waals surface area (Å²) in [5.41, 5.74) is 2.16. The molecule has 1 heterocycles. The van der Waals surface area contributed by atoms with Crippen LogP contribution in [0.5, 0.6) is 5.88 Å². The van der Waals surface area contributed by atoms with E-state index < -0.39 is 5.97 Å². The molecule has 0 spiro atoms. The van der Waals surface area contributed by atoms with Gasteiger partial charge in [0, 0.05) is 5.41 Å². The van der Waals surface area contributed by atoms with Crippen molar-refractivity contribution in [3.8, 4) is 5.88 Å². The highest BCUT2D eigenvalue weighted by molar-refractivity contribution is 5.90. The minimum Gasteiger partial charge on any atom is -0.480 e. The molecule has 0 radical (unpaired) electrons. The molecule has 0 aromatic carbocycles. The fraction of sp³-hybridized carbons (Fsp3) is 0.500. The summed E-state index contributed by atoms with van der Waals surface area (Å²) in [6.07, 6.45) is 1.89. The Balaban J connectivity index is 2.60. The first kappa shape index (κ1) is 10.9. The van der Waals surface area contributed by atoms with E-state index in [-0.39, 0.29) is 16.9 Å². The Bertz CT molecular complexity index is 452. The molecule has 4 nitrogen and oxygen atoms in total. The zero-order valence-electron chi connectivity index (χ0n) is 9.70. The fourth-order valence-corrected chi connectivity index (χ4v) is 2.19. The van der Waals surface area contributed by atoms with Gasteiger partial charge in [0.15, 0.2) is 0 Å². The molecule has 2 rings (SSSR count). The van der Waals surface area contributed by atoms with Gasteiger partial charge in [0.25, 0.3) is 0 Å². The summed E-state index contributed by atoms with van der Waals surface area (Å²) in [7, 11) is 1.45. The third kappa shape index (κ3) is 1.54. The highest BCUT2D eigenvalue weighted by atomic mass is 16.5. The van der Waals surface area contributed by atoms with E-state index in [9.17, 15) is 4.79 Å². The zero-order valence-corrected chi connectivity index (χ0v) is 9.70. The molecular weight excluding hydrogens is 206 g/mol. The molecule has 0 bridgehead atoms. The minimum absolute atomic E-state index is 0.0135. The second kappa shape index (κ2) is 3.47. The Labute approximate surface area is 94.3 Å². The van der Waals surface area contributed by atoms with Crippen LogP contribution in [0.3, 0.4) is 0 Å². The summed E-state index contributed by atoms with van der Waals surface area (Å²) in [6.45, 7) is 4.23. The topological polar surface area (TPSA) is 59.4 Å². The highest BCUT2D eigenvalue weighted by Crippen LogP contribution is 2.38.